The molecular weight excluding hydrogens is 730 g/mol. The lowest BCUT2D eigenvalue weighted by Gasteiger charge is -2.61. The van der Waals surface area contributed by atoms with E-state index in [4.69, 9.17) is 9.47 Å². The van der Waals surface area contributed by atoms with Gasteiger partial charge in [-0.15, -0.1) is 18.3 Å². The van der Waals surface area contributed by atoms with E-state index in [1.807, 2.05) is 6.92 Å². The van der Waals surface area contributed by atoms with Crippen LogP contribution in [0.1, 0.15) is 86.0 Å². The Bertz CT molecular complexity index is 1540. The molecule has 272 valence electrons. The molecule has 2 N–H and O–H groups in total. The van der Waals surface area contributed by atoms with Crippen molar-refractivity contribution in [2.45, 2.75) is 114 Å². The number of sulfonamides is 1. The molecule has 0 spiro atoms. The monoisotopic (exact) mass is 781 g/mol. The van der Waals surface area contributed by atoms with Crippen molar-refractivity contribution >= 4 is 55.4 Å². The van der Waals surface area contributed by atoms with E-state index in [-0.39, 0.29) is 63.8 Å². The van der Waals surface area contributed by atoms with Gasteiger partial charge in [-0.2, -0.15) is 0 Å². The lowest BCUT2D eigenvalue weighted by Crippen LogP contribution is -2.63. The molecule has 0 saturated heterocycles. The van der Waals surface area contributed by atoms with Crippen molar-refractivity contribution < 1.29 is 37.4 Å². The Labute approximate surface area is 304 Å². The zero-order valence-electron chi connectivity index (χ0n) is 29.3. The number of esters is 2. The van der Waals surface area contributed by atoms with Crippen LogP contribution >= 0.6 is 27.7 Å². The molecule has 0 radical (unpaired) electrons. The Kier molecular flexibility index (Phi) is 11.6. The van der Waals surface area contributed by atoms with E-state index in [9.17, 15) is 27.9 Å². The number of hydrogen-bond donors (Lipinski definition) is 2. The minimum absolute atomic E-state index is 0.0280. The fourth-order valence-corrected chi connectivity index (χ4v) is 12.5. The molecule has 0 heterocycles. The summed E-state index contributed by atoms with van der Waals surface area (Å²) in [6, 6.07) is 5.71. The van der Waals surface area contributed by atoms with E-state index in [1.54, 1.807) is 25.1 Å². The fourth-order valence-electron chi connectivity index (χ4n) is 9.69. The maximum absolute atomic E-state index is 13.8. The van der Waals surface area contributed by atoms with E-state index in [2.05, 4.69) is 48.0 Å². The van der Waals surface area contributed by atoms with Crippen LogP contribution in [-0.4, -0.2) is 67.1 Å². The number of ether oxygens (including phenoxy) is 2. The van der Waals surface area contributed by atoms with Crippen LogP contribution in [0.3, 0.4) is 0 Å². The van der Waals surface area contributed by atoms with Gasteiger partial charge in [0.05, 0.1) is 29.3 Å². The van der Waals surface area contributed by atoms with Crippen LogP contribution in [0.2, 0.25) is 0 Å². The van der Waals surface area contributed by atoms with Crippen LogP contribution in [0.15, 0.2) is 46.3 Å². The molecule has 4 saturated carbocycles. The van der Waals surface area contributed by atoms with E-state index < -0.39 is 51.0 Å². The molecule has 5 rings (SSSR count). The Hall–Kier alpha value is -1.73. The first kappa shape index (κ1) is 38.5. The van der Waals surface area contributed by atoms with Gasteiger partial charge in [-0.3, -0.25) is 14.4 Å². The lowest BCUT2D eigenvalue weighted by molar-refractivity contribution is -0.205. The molecule has 0 unspecified atom stereocenters. The first-order chi connectivity index (χ1) is 23.0. The van der Waals surface area contributed by atoms with Crippen LogP contribution in [0.5, 0.6) is 0 Å². The summed E-state index contributed by atoms with van der Waals surface area (Å²) in [6.45, 7) is 14.4. The van der Waals surface area contributed by atoms with Crippen molar-refractivity contribution in [1.82, 2.24) is 4.72 Å². The zero-order chi connectivity index (χ0) is 35.9. The van der Waals surface area contributed by atoms with Crippen LogP contribution in [0.4, 0.5) is 0 Å². The molecule has 1 aromatic carbocycles. The van der Waals surface area contributed by atoms with Gasteiger partial charge in [0.15, 0.2) is 0 Å². The van der Waals surface area contributed by atoms with Crippen LogP contribution in [0, 0.1) is 39.9 Å². The van der Waals surface area contributed by atoms with Gasteiger partial charge in [-0.1, -0.05) is 49.7 Å². The standard InChI is InChI=1S/C37H52BrNO8S2/c1-7-35(5)20-30(36(6)22(3)15-17-37(23(4)33(35)42)18-16-28(40)32(36)37)47-31(41)21-48-29-14-9-24(34(43)46-8-2)19-27(29)39-49(44,45)26-12-10-25(38)11-13-26/h7,10-13,22-24,27,29-30,32-33,39,42H,1,8-9,14-21H2,2-6H3/t22-,23+,24+,27-,29-,30-,32+,33+,35-,36+,37+/m1/s1. The van der Waals surface area contributed by atoms with Crippen LogP contribution in [-0.2, 0) is 33.9 Å². The smallest absolute Gasteiger partial charge is 0.316 e. The van der Waals surface area contributed by atoms with Crippen molar-refractivity contribution in [2.24, 2.45) is 39.9 Å². The van der Waals surface area contributed by atoms with E-state index in [0.717, 1.165) is 23.7 Å². The van der Waals surface area contributed by atoms with Gasteiger partial charge in [0.25, 0.3) is 0 Å². The van der Waals surface area contributed by atoms with Gasteiger partial charge in [-0.05, 0) is 93.4 Å². The number of carbonyl (C=O) groups excluding carboxylic acids is 3. The van der Waals surface area contributed by atoms with Gasteiger partial charge < -0.3 is 14.6 Å². The van der Waals surface area contributed by atoms with Gasteiger partial charge >= 0.3 is 11.9 Å². The number of hydrogen-bond acceptors (Lipinski definition) is 9. The third-order valence-corrected chi connectivity index (χ3v) is 16.3. The minimum atomic E-state index is -3.92. The maximum Gasteiger partial charge on any atom is 0.316 e. The SMILES string of the molecule is C=C[C@]1(C)C[C@@H](OC(=O)CS[C@@H]2CC[C@H](C(=O)OCC)C[C@H]2NS(=O)(=O)c2ccc(Br)cc2)[C@]2(C)[C@H](C)CC[C@]3(CCC(=O)[C@H]32)[C@@H](C)[C@@H]1O. The third-order valence-electron chi connectivity index (χ3n) is 12.8. The molecule has 49 heavy (non-hydrogen) atoms. The molecule has 4 aliphatic rings. The number of Topliss-reactive ketones (excluding diaryl/α,β-unsaturated/α-hetero) is 1. The van der Waals surface area contributed by atoms with Gasteiger partial charge in [0.2, 0.25) is 10.0 Å². The van der Waals surface area contributed by atoms with Gasteiger partial charge in [0.1, 0.15) is 11.9 Å². The maximum atomic E-state index is 13.8. The van der Waals surface area contributed by atoms with Crippen LogP contribution in [0.25, 0.3) is 0 Å². The van der Waals surface area contributed by atoms with Crippen molar-refractivity contribution in [3.63, 3.8) is 0 Å². The first-order valence-corrected chi connectivity index (χ1v) is 20.9. The molecule has 11 atom stereocenters. The number of thioether (sulfide) groups is 1. The molecular formula is C37H52BrNO8S2. The second-order valence-electron chi connectivity index (χ2n) is 15.4. The zero-order valence-corrected chi connectivity index (χ0v) is 32.5. The third kappa shape index (κ3) is 7.19. The highest BCUT2D eigenvalue weighted by Gasteiger charge is 2.68. The number of halogens is 1. The molecule has 1 aromatic rings. The summed E-state index contributed by atoms with van der Waals surface area (Å²) in [7, 11) is -3.92. The van der Waals surface area contributed by atoms with E-state index in [0.29, 0.717) is 25.7 Å². The number of carbonyl (C=O) groups is 3. The Morgan fingerprint density at radius 2 is 1.84 bits per heavy atom. The summed E-state index contributed by atoms with van der Waals surface area (Å²) in [5, 5.41) is 11.5. The topological polar surface area (TPSA) is 136 Å². The van der Waals surface area contributed by atoms with Crippen molar-refractivity contribution in [1.29, 1.82) is 0 Å². The number of aliphatic hydroxyl groups is 1. The van der Waals surface area contributed by atoms with E-state index >= 15 is 0 Å². The van der Waals surface area contributed by atoms with Crippen molar-refractivity contribution in [3.8, 4) is 0 Å². The first-order valence-electron chi connectivity index (χ1n) is 17.6. The fraction of sp³-hybridized carbons (Fsp3) is 0.703. The highest BCUT2D eigenvalue weighted by atomic mass is 79.9. The number of benzene rings is 1. The molecule has 4 fully saturated rings. The van der Waals surface area contributed by atoms with Crippen LogP contribution < -0.4 is 4.72 Å². The average molecular weight is 783 g/mol. The largest absolute Gasteiger partial charge is 0.466 e. The normalized spacial score (nSPS) is 39.3. The molecule has 0 amide bonds. The van der Waals surface area contributed by atoms with Gasteiger partial charge in [-0.25, -0.2) is 13.1 Å². The molecule has 0 aliphatic heterocycles. The summed E-state index contributed by atoms with van der Waals surface area (Å²) < 4.78 is 42.2. The summed E-state index contributed by atoms with van der Waals surface area (Å²) in [6.07, 6.45) is 4.96. The predicted molar refractivity (Wildman–Crippen MR) is 193 cm³/mol. The quantitative estimate of drug-likeness (QED) is 0.202. The number of rotatable bonds is 10. The lowest BCUT2D eigenvalue weighted by atomic mass is 9.44. The van der Waals surface area contributed by atoms with Crippen molar-refractivity contribution in [2.75, 3.05) is 12.4 Å². The van der Waals surface area contributed by atoms with Crippen molar-refractivity contribution in [3.05, 3.63) is 41.4 Å². The summed E-state index contributed by atoms with van der Waals surface area (Å²) in [4.78, 5) is 40.4. The molecule has 4 aliphatic carbocycles. The Morgan fingerprint density at radius 3 is 2.49 bits per heavy atom. The molecule has 12 heteroatoms. The number of aliphatic hydroxyl groups excluding tert-OH is 1. The highest BCUT2D eigenvalue weighted by Crippen LogP contribution is 2.68. The predicted octanol–water partition coefficient (Wildman–Crippen LogP) is 6.47. The number of ketones is 1. The Balaban J connectivity index is 1.37. The van der Waals surface area contributed by atoms with E-state index in [1.165, 1.54) is 23.9 Å². The second kappa shape index (κ2) is 14.7. The average Bonchev–Trinajstić information content (AvgIpc) is 3.42. The molecule has 9 nitrogen and oxygen atoms in total. The molecule has 2 bridgehead atoms. The summed E-state index contributed by atoms with van der Waals surface area (Å²) in [5.41, 5.74) is -1.72. The molecule has 0 aromatic heterocycles. The number of nitrogens with one attached hydrogen (secondary N) is 1. The minimum Gasteiger partial charge on any atom is -0.466 e. The Morgan fingerprint density at radius 1 is 1.14 bits per heavy atom. The highest BCUT2D eigenvalue weighted by molar-refractivity contribution is 9.10. The summed E-state index contributed by atoms with van der Waals surface area (Å²) >= 11 is 4.67. The van der Waals surface area contributed by atoms with Gasteiger partial charge in [0, 0.05) is 38.9 Å². The summed E-state index contributed by atoms with van der Waals surface area (Å²) in [5.74, 6) is -1.40. The second-order valence-corrected chi connectivity index (χ2v) is 19.2.